The van der Waals surface area contributed by atoms with Crippen LogP contribution in [-0.4, -0.2) is 18.0 Å². The second-order valence-corrected chi connectivity index (χ2v) is 6.51. The number of ether oxygens (including phenoxy) is 1. The van der Waals surface area contributed by atoms with Crippen LogP contribution in [-0.2, 0) is 4.74 Å². The summed E-state index contributed by atoms with van der Waals surface area (Å²) in [6, 6.07) is 8.21. The van der Waals surface area contributed by atoms with E-state index in [4.69, 9.17) is 4.74 Å². The van der Waals surface area contributed by atoms with Crippen LogP contribution in [0.15, 0.2) is 24.3 Å². The number of hydrogen-bond acceptors (Lipinski definition) is 2. The Morgan fingerprint density at radius 1 is 1.10 bits per heavy atom. The van der Waals surface area contributed by atoms with Crippen LogP contribution in [0.5, 0.6) is 0 Å². The molecule has 2 aliphatic rings. The molecule has 3 rings (SSSR count). The van der Waals surface area contributed by atoms with E-state index in [1.54, 1.807) is 0 Å². The van der Waals surface area contributed by atoms with E-state index < -0.39 is 0 Å². The number of rotatable bonds is 3. The van der Waals surface area contributed by atoms with Crippen molar-refractivity contribution in [2.45, 2.75) is 58.2 Å². The van der Waals surface area contributed by atoms with Gasteiger partial charge in [0.05, 0.1) is 18.1 Å². The third kappa shape index (κ3) is 2.20. The number of carbonyl (C=O) groups excluding carboxylic acids is 1. The molecule has 0 radical (unpaired) electrons. The Labute approximate surface area is 121 Å². The highest BCUT2D eigenvalue weighted by molar-refractivity contribution is 6.00. The molecule has 20 heavy (non-hydrogen) atoms. The van der Waals surface area contributed by atoms with Gasteiger partial charge in [0, 0.05) is 5.56 Å². The molecular formula is C18H24O2. The van der Waals surface area contributed by atoms with Crippen LogP contribution >= 0.6 is 0 Å². The van der Waals surface area contributed by atoms with E-state index in [0.29, 0.717) is 11.8 Å². The molecule has 2 nitrogen and oxygen atoms in total. The molecule has 1 aromatic rings. The van der Waals surface area contributed by atoms with E-state index in [-0.39, 0.29) is 23.9 Å². The van der Waals surface area contributed by atoms with Gasteiger partial charge in [-0.15, -0.1) is 0 Å². The van der Waals surface area contributed by atoms with E-state index in [1.807, 2.05) is 19.1 Å². The number of benzene rings is 1. The highest BCUT2D eigenvalue weighted by atomic mass is 16.5. The molecule has 4 atom stereocenters. The van der Waals surface area contributed by atoms with Gasteiger partial charge in [-0.25, -0.2) is 0 Å². The smallest absolute Gasteiger partial charge is 0.169 e. The minimum Gasteiger partial charge on any atom is -0.374 e. The molecule has 1 aliphatic heterocycles. The minimum absolute atomic E-state index is 0.00577. The van der Waals surface area contributed by atoms with Crippen molar-refractivity contribution < 1.29 is 9.53 Å². The van der Waals surface area contributed by atoms with Crippen molar-refractivity contribution in [1.82, 2.24) is 0 Å². The summed E-state index contributed by atoms with van der Waals surface area (Å²) in [6.07, 6.45) is 3.96. The van der Waals surface area contributed by atoms with Crippen molar-refractivity contribution >= 4 is 5.78 Å². The van der Waals surface area contributed by atoms with Crippen LogP contribution in [0.2, 0.25) is 0 Å². The number of Topliss-reactive ketones (excluding diaryl/α,β-unsaturated/α-hetero) is 1. The fourth-order valence-corrected chi connectivity index (χ4v) is 3.69. The maximum absolute atomic E-state index is 13.0. The molecule has 108 valence electrons. The molecule has 2 fully saturated rings. The van der Waals surface area contributed by atoms with Gasteiger partial charge in [0.1, 0.15) is 0 Å². The molecule has 0 aromatic heterocycles. The lowest BCUT2D eigenvalue weighted by Gasteiger charge is -2.28. The molecule has 4 unspecified atom stereocenters. The van der Waals surface area contributed by atoms with Gasteiger partial charge in [-0.2, -0.15) is 0 Å². The van der Waals surface area contributed by atoms with Crippen molar-refractivity contribution in [3.8, 4) is 0 Å². The summed E-state index contributed by atoms with van der Waals surface area (Å²) in [6.45, 7) is 6.25. The molecule has 0 bridgehead atoms. The van der Waals surface area contributed by atoms with Crippen LogP contribution in [0.25, 0.3) is 0 Å². The Morgan fingerprint density at radius 3 is 2.35 bits per heavy atom. The van der Waals surface area contributed by atoms with E-state index in [2.05, 4.69) is 26.0 Å². The molecule has 0 N–H and O–H groups in total. The van der Waals surface area contributed by atoms with Gasteiger partial charge in [-0.05, 0) is 44.1 Å². The van der Waals surface area contributed by atoms with Crippen molar-refractivity contribution in [1.29, 1.82) is 0 Å². The van der Waals surface area contributed by atoms with Gasteiger partial charge < -0.3 is 4.74 Å². The minimum atomic E-state index is 0.00577. The fourth-order valence-electron chi connectivity index (χ4n) is 3.69. The third-order valence-electron chi connectivity index (χ3n) is 5.32. The monoisotopic (exact) mass is 272 g/mol. The van der Waals surface area contributed by atoms with Crippen LogP contribution in [0.4, 0.5) is 0 Å². The van der Waals surface area contributed by atoms with E-state index in [0.717, 1.165) is 5.56 Å². The van der Waals surface area contributed by atoms with E-state index in [9.17, 15) is 4.79 Å². The molecule has 0 amide bonds. The summed E-state index contributed by atoms with van der Waals surface area (Å²) in [5.74, 6) is 1.19. The second kappa shape index (κ2) is 5.33. The first-order valence-electron chi connectivity index (χ1n) is 7.88. The van der Waals surface area contributed by atoms with Crippen LogP contribution in [0.1, 0.15) is 61.9 Å². The lowest BCUT2D eigenvalue weighted by atomic mass is 9.75. The highest BCUT2D eigenvalue weighted by Gasteiger charge is 2.42. The molecule has 1 heterocycles. The zero-order valence-corrected chi connectivity index (χ0v) is 12.6. The first-order valence-corrected chi connectivity index (χ1v) is 7.88. The molecule has 1 saturated heterocycles. The van der Waals surface area contributed by atoms with Crippen molar-refractivity contribution in [2.75, 3.05) is 0 Å². The van der Waals surface area contributed by atoms with Gasteiger partial charge in [-0.3, -0.25) is 4.79 Å². The summed E-state index contributed by atoms with van der Waals surface area (Å²) < 4.78 is 5.85. The average molecular weight is 272 g/mol. The predicted molar refractivity (Wildman–Crippen MR) is 80.0 cm³/mol. The summed E-state index contributed by atoms with van der Waals surface area (Å²) in [4.78, 5) is 13.0. The van der Waals surface area contributed by atoms with Crippen LogP contribution in [0, 0.1) is 11.8 Å². The number of hydrogen-bond donors (Lipinski definition) is 0. The number of ketones is 1. The van der Waals surface area contributed by atoms with Gasteiger partial charge in [0.15, 0.2) is 5.78 Å². The quantitative estimate of drug-likeness (QED) is 0.771. The largest absolute Gasteiger partial charge is 0.374 e. The zero-order chi connectivity index (χ0) is 14.3. The lowest BCUT2D eigenvalue weighted by Crippen LogP contribution is -2.28. The highest BCUT2D eigenvalue weighted by Crippen LogP contribution is 2.40. The average Bonchev–Trinajstić information content (AvgIpc) is 2.61. The van der Waals surface area contributed by atoms with Gasteiger partial charge in [0.25, 0.3) is 0 Å². The Bertz CT molecular complexity index is 504. The molecule has 1 saturated carbocycles. The SMILES string of the molecule is CC1OC(C)C(C(=O)c2ccccc2C2CCC2)C1C. The molecule has 2 heteroatoms. The first kappa shape index (κ1) is 13.8. The molecule has 0 spiro atoms. The van der Waals surface area contributed by atoms with E-state index in [1.165, 1.54) is 24.8 Å². The Balaban J connectivity index is 1.91. The predicted octanol–water partition coefficient (Wildman–Crippen LogP) is 4.20. The Kier molecular flexibility index (Phi) is 3.68. The van der Waals surface area contributed by atoms with Crippen LogP contribution < -0.4 is 0 Å². The third-order valence-corrected chi connectivity index (χ3v) is 5.32. The summed E-state index contributed by atoms with van der Waals surface area (Å²) in [7, 11) is 0. The second-order valence-electron chi connectivity index (χ2n) is 6.51. The molecule has 1 aromatic carbocycles. The van der Waals surface area contributed by atoms with Crippen molar-refractivity contribution in [3.63, 3.8) is 0 Å². The van der Waals surface area contributed by atoms with E-state index >= 15 is 0 Å². The normalized spacial score (nSPS) is 34.0. The van der Waals surface area contributed by atoms with Crippen LogP contribution in [0.3, 0.4) is 0 Å². The van der Waals surface area contributed by atoms with Gasteiger partial charge >= 0.3 is 0 Å². The molecule has 1 aliphatic carbocycles. The van der Waals surface area contributed by atoms with Crippen molar-refractivity contribution in [2.24, 2.45) is 11.8 Å². The Hall–Kier alpha value is -1.15. The van der Waals surface area contributed by atoms with Crippen molar-refractivity contribution in [3.05, 3.63) is 35.4 Å². The maximum atomic E-state index is 13.0. The summed E-state index contributed by atoms with van der Waals surface area (Å²) in [5.41, 5.74) is 2.21. The number of carbonyl (C=O) groups is 1. The fraction of sp³-hybridized carbons (Fsp3) is 0.611. The summed E-state index contributed by atoms with van der Waals surface area (Å²) >= 11 is 0. The molecular weight excluding hydrogens is 248 g/mol. The van der Waals surface area contributed by atoms with Gasteiger partial charge in [0.2, 0.25) is 0 Å². The first-order chi connectivity index (χ1) is 9.59. The topological polar surface area (TPSA) is 26.3 Å². The zero-order valence-electron chi connectivity index (χ0n) is 12.6. The standard InChI is InChI=1S/C18H24O2/c1-11-12(2)20-13(3)17(11)18(19)16-10-5-4-9-15(16)14-7-6-8-14/h4-5,9-14,17H,6-8H2,1-3H3. The maximum Gasteiger partial charge on any atom is 0.169 e. The summed E-state index contributed by atoms with van der Waals surface area (Å²) in [5, 5.41) is 0. The lowest BCUT2D eigenvalue weighted by molar-refractivity contribution is 0.0490. The van der Waals surface area contributed by atoms with Gasteiger partial charge in [-0.1, -0.05) is 37.6 Å². The Morgan fingerprint density at radius 2 is 1.80 bits per heavy atom.